The standard InChI is InChI=1S/C47H83N9/c1-3-5-7-9-11-13-15-17-19-21-23-25-27-29-31-33-38-48-45-52-46(54-47(53-45)51-43-37-35-36-42(40-43)44-41-50-56-55-44)49-39-34-32-30-28-26-24-22-20-18-16-14-12-10-8-6-4-2/h35-37,40-41H,3-34,38-39H2,1-2H3,(H,50,55,56)(H3,48,49,51,52,53,54). The molecule has 0 spiro atoms. The van der Waals surface area contributed by atoms with Gasteiger partial charge < -0.3 is 16.0 Å². The quantitative estimate of drug-likeness (QED) is 0.0424. The minimum atomic E-state index is 0.529. The highest BCUT2D eigenvalue weighted by atomic mass is 15.3. The number of unbranched alkanes of at least 4 members (excludes halogenated alkanes) is 30. The molecule has 0 bridgehead atoms. The first kappa shape index (κ1) is 47.1. The zero-order chi connectivity index (χ0) is 39.4. The molecule has 0 saturated carbocycles. The molecule has 9 heteroatoms. The van der Waals surface area contributed by atoms with Crippen LogP contribution < -0.4 is 16.0 Å². The summed E-state index contributed by atoms with van der Waals surface area (Å²) in [5.74, 6) is 1.76. The van der Waals surface area contributed by atoms with E-state index in [-0.39, 0.29) is 0 Å². The van der Waals surface area contributed by atoms with Crippen molar-refractivity contribution in [2.45, 2.75) is 219 Å². The Hall–Kier alpha value is -3.23. The summed E-state index contributed by atoms with van der Waals surface area (Å²) in [5.41, 5.74) is 2.66. The molecule has 9 nitrogen and oxygen atoms in total. The molecule has 0 aliphatic heterocycles. The third kappa shape index (κ3) is 24.4. The normalized spacial score (nSPS) is 11.3. The van der Waals surface area contributed by atoms with Crippen LogP contribution in [0.15, 0.2) is 30.5 Å². The van der Waals surface area contributed by atoms with Gasteiger partial charge in [-0.25, -0.2) is 0 Å². The van der Waals surface area contributed by atoms with E-state index in [1.807, 2.05) is 24.3 Å². The number of aromatic amines is 1. The second kappa shape index (κ2) is 33.9. The monoisotopic (exact) mass is 774 g/mol. The van der Waals surface area contributed by atoms with Crippen molar-refractivity contribution in [2.24, 2.45) is 0 Å². The lowest BCUT2D eigenvalue weighted by molar-refractivity contribution is 0.530. The Labute approximate surface area is 343 Å². The second-order valence-corrected chi connectivity index (χ2v) is 16.3. The molecule has 0 aliphatic rings. The molecule has 56 heavy (non-hydrogen) atoms. The van der Waals surface area contributed by atoms with Crippen LogP contribution in [0.25, 0.3) is 11.3 Å². The first-order valence-electron chi connectivity index (χ1n) is 23.8. The van der Waals surface area contributed by atoms with E-state index in [1.165, 1.54) is 193 Å². The number of nitrogens with one attached hydrogen (secondary N) is 4. The predicted molar refractivity (Wildman–Crippen MR) is 241 cm³/mol. The van der Waals surface area contributed by atoms with Crippen LogP contribution in [0.5, 0.6) is 0 Å². The Morgan fingerprint density at radius 1 is 0.446 bits per heavy atom. The van der Waals surface area contributed by atoms with E-state index >= 15 is 0 Å². The highest BCUT2D eigenvalue weighted by Crippen LogP contribution is 2.23. The number of nitrogens with zero attached hydrogens (tertiary/aromatic N) is 5. The zero-order valence-corrected chi connectivity index (χ0v) is 36.2. The van der Waals surface area contributed by atoms with Gasteiger partial charge in [0.25, 0.3) is 0 Å². The predicted octanol–water partition coefficient (Wildman–Crippen LogP) is 14.7. The van der Waals surface area contributed by atoms with E-state index in [1.54, 1.807) is 6.20 Å². The minimum Gasteiger partial charge on any atom is -0.354 e. The highest BCUT2D eigenvalue weighted by molar-refractivity contribution is 5.66. The number of rotatable bonds is 39. The van der Waals surface area contributed by atoms with Crippen LogP contribution >= 0.6 is 0 Å². The summed E-state index contributed by atoms with van der Waals surface area (Å²) in [7, 11) is 0. The number of H-pyrrole nitrogens is 1. The Morgan fingerprint density at radius 2 is 0.821 bits per heavy atom. The molecule has 0 saturated heterocycles. The van der Waals surface area contributed by atoms with Gasteiger partial charge in [0.2, 0.25) is 17.8 Å². The Kier molecular flexibility index (Phi) is 28.5. The molecule has 4 N–H and O–H groups in total. The summed E-state index contributed by atoms with van der Waals surface area (Å²) in [6.45, 7) is 6.32. The van der Waals surface area contributed by atoms with E-state index in [4.69, 9.17) is 15.0 Å². The molecule has 0 atom stereocenters. The first-order valence-corrected chi connectivity index (χ1v) is 23.8. The summed E-state index contributed by atoms with van der Waals surface area (Å²) in [5, 5.41) is 21.3. The molecular weight excluding hydrogens is 691 g/mol. The van der Waals surface area contributed by atoms with Gasteiger partial charge >= 0.3 is 0 Å². The molecule has 2 aromatic heterocycles. The van der Waals surface area contributed by atoms with Gasteiger partial charge in [-0.15, -0.1) is 0 Å². The van der Waals surface area contributed by atoms with Gasteiger partial charge in [-0.1, -0.05) is 219 Å². The van der Waals surface area contributed by atoms with E-state index in [2.05, 4.69) is 45.2 Å². The maximum Gasteiger partial charge on any atom is 0.233 e. The number of anilines is 4. The number of hydrogen-bond acceptors (Lipinski definition) is 8. The fourth-order valence-corrected chi connectivity index (χ4v) is 7.56. The molecule has 0 aliphatic carbocycles. The first-order chi connectivity index (χ1) is 27.8. The summed E-state index contributed by atoms with van der Waals surface area (Å²) in [6.07, 6.45) is 45.7. The van der Waals surface area contributed by atoms with Crippen molar-refractivity contribution in [3.05, 3.63) is 30.5 Å². The van der Waals surface area contributed by atoms with Crippen LogP contribution in [0.1, 0.15) is 219 Å². The SMILES string of the molecule is CCCCCCCCCCCCCCCCCCNc1nc(NCCCCCCCCCCCCCCCCCC)nc(Nc2cccc(-c3cn[nH]n3)c2)n1. The lowest BCUT2D eigenvalue weighted by Gasteiger charge is -2.12. The molecule has 1 aromatic carbocycles. The van der Waals surface area contributed by atoms with E-state index in [0.29, 0.717) is 17.8 Å². The van der Waals surface area contributed by atoms with Gasteiger partial charge in [0, 0.05) is 24.3 Å². The summed E-state index contributed by atoms with van der Waals surface area (Å²) in [4.78, 5) is 14.2. The Morgan fingerprint density at radius 3 is 1.20 bits per heavy atom. The maximum absolute atomic E-state index is 4.75. The fourth-order valence-electron chi connectivity index (χ4n) is 7.56. The van der Waals surface area contributed by atoms with Crippen LogP contribution in [0, 0.1) is 0 Å². The van der Waals surface area contributed by atoms with Gasteiger partial charge in [0.1, 0.15) is 5.69 Å². The lowest BCUT2D eigenvalue weighted by atomic mass is 10.0. The maximum atomic E-state index is 4.75. The topological polar surface area (TPSA) is 116 Å². The fraction of sp³-hybridized carbons (Fsp3) is 0.766. The van der Waals surface area contributed by atoms with Crippen molar-refractivity contribution in [3.63, 3.8) is 0 Å². The minimum absolute atomic E-state index is 0.529. The van der Waals surface area contributed by atoms with Crippen molar-refractivity contribution in [1.82, 2.24) is 30.4 Å². The van der Waals surface area contributed by atoms with E-state index < -0.39 is 0 Å². The summed E-state index contributed by atoms with van der Waals surface area (Å²) in [6, 6.07) is 8.07. The van der Waals surface area contributed by atoms with Crippen LogP contribution in [0.2, 0.25) is 0 Å². The Bertz CT molecular complexity index is 1240. The van der Waals surface area contributed by atoms with Gasteiger partial charge in [-0.05, 0) is 25.0 Å². The molecule has 0 amide bonds. The van der Waals surface area contributed by atoms with Gasteiger partial charge in [0.05, 0.1) is 6.20 Å². The van der Waals surface area contributed by atoms with Crippen molar-refractivity contribution in [1.29, 1.82) is 0 Å². The summed E-state index contributed by atoms with van der Waals surface area (Å²) < 4.78 is 0. The highest BCUT2D eigenvalue weighted by Gasteiger charge is 2.09. The van der Waals surface area contributed by atoms with Gasteiger partial charge in [0.15, 0.2) is 0 Å². The molecule has 3 aromatic rings. The van der Waals surface area contributed by atoms with Gasteiger partial charge in [-0.3, -0.25) is 0 Å². The van der Waals surface area contributed by atoms with Crippen LogP contribution in [0.3, 0.4) is 0 Å². The van der Waals surface area contributed by atoms with Crippen molar-refractivity contribution in [3.8, 4) is 11.3 Å². The van der Waals surface area contributed by atoms with Gasteiger partial charge in [-0.2, -0.15) is 30.4 Å². The average Bonchev–Trinajstić information content (AvgIpc) is 3.76. The molecule has 3 rings (SSSR count). The lowest BCUT2D eigenvalue weighted by Crippen LogP contribution is -2.12. The largest absolute Gasteiger partial charge is 0.354 e. The molecular formula is C47H83N9. The van der Waals surface area contributed by atoms with Crippen LogP contribution in [-0.2, 0) is 0 Å². The van der Waals surface area contributed by atoms with E-state index in [0.717, 1.165) is 42.9 Å². The van der Waals surface area contributed by atoms with E-state index in [9.17, 15) is 0 Å². The molecule has 316 valence electrons. The van der Waals surface area contributed by atoms with Crippen molar-refractivity contribution in [2.75, 3.05) is 29.0 Å². The summed E-state index contributed by atoms with van der Waals surface area (Å²) >= 11 is 0. The molecule has 0 unspecified atom stereocenters. The average molecular weight is 774 g/mol. The third-order valence-corrected chi connectivity index (χ3v) is 11.1. The van der Waals surface area contributed by atoms with Crippen molar-refractivity contribution >= 4 is 23.5 Å². The third-order valence-electron chi connectivity index (χ3n) is 11.1. The zero-order valence-electron chi connectivity index (χ0n) is 36.2. The Balaban J connectivity index is 1.30. The molecule has 0 radical (unpaired) electrons. The van der Waals surface area contributed by atoms with Crippen molar-refractivity contribution < 1.29 is 0 Å². The molecule has 0 fully saturated rings. The number of hydrogen-bond donors (Lipinski definition) is 4. The smallest absolute Gasteiger partial charge is 0.233 e. The van der Waals surface area contributed by atoms with Crippen LogP contribution in [-0.4, -0.2) is 43.5 Å². The molecule has 2 heterocycles. The second-order valence-electron chi connectivity index (χ2n) is 16.3. The number of benzene rings is 1. The number of aromatic nitrogens is 6. The van der Waals surface area contributed by atoms with Crippen LogP contribution in [0.4, 0.5) is 23.5 Å².